The Kier molecular flexibility index (Phi) is 8.19. The third kappa shape index (κ3) is 5.63. The SMILES string of the molecule is COc1cc(C(=O)N2CCCCC2C(C)N)cc(NS(C)(=O)=O)c1OC.Cl. The fourth-order valence-electron chi connectivity index (χ4n) is 3.29. The van der Waals surface area contributed by atoms with Gasteiger partial charge in [0.15, 0.2) is 11.5 Å². The number of likely N-dealkylation sites (tertiary alicyclic amines) is 1. The predicted molar refractivity (Wildman–Crippen MR) is 108 cm³/mol. The topological polar surface area (TPSA) is 111 Å². The van der Waals surface area contributed by atoms with Gasteiger partial charge in [0.2, 0.25) is 10.0 Å². The summed E-state index contributed by atoms with van der Waals surface area (Å²) in [6.45, 7) is 2.51. The Morgan fingerprint density at radius 2 is 1.96 bits per heavy atom. The summed E-state index contributed by atoms with van der Waals surface area (Å²) < 4.78 is 36.3. The fraction of sp³-hybridized carbons (Fsp3) is 0.588. The summed E-state index contributed by atoms with van der Waals surface area (Å²) in [4.78, 5) is 14.9. The van der Waals surface area contributed by atoms with Gasteiger partial charge in [0.1, 0.15) is 0 Å². The number of hydrogen-bond donors (Lipinski definition) is 2. The Hall–Kier alpha value is -1.71. The van der Waals surface area contributed by atoms with Crippen molar-refractivity contribution in [2.75, 3.05) is 31.7 Å². The van der Waals surface area contributed by atoms with Gasteiger partial charge in [-0.15, -0.1) is 12.4 Å². The van der Waals surface area contributed by atoms with Crippen LogP contribution >= 0.6 is 12.4 Å². The third-order valence-electron chi connectivity index (χ3n) is 4.44. The zero-order valence-electron chi connectivity index (χ0n) is 16.0. The van der Waals surface area contributed by atoms with Crippen LogP contribution in [0.5, 0.6) is 11.5 Å². The van der Waals surface area contributed by atoms with Crippen LogP contribution in [0.1, 0.15) is 36.5 Å². The molecule has 1 saturated heterocycles. The second-order valence-electron chi connectivity index (χ2n) is 6.55. The molecule has 3 N–H and O–H groups in total. The van der Waals surface area contributed by atoms with Crippen LogP contribution in [0.4, 0.5) is 5.69 Å². The average Bonchev–Trinajstić information content (AvgIpc) is 2.58. The van der Waals surface area contributed by atoms with Crippen LogP contribution in [-0.2, 0) is 10.0 Å². The lowest BCUT2D eigenvalue weighted by atomic mass is 9.96. The first kappa shape index (κ1) is 23.3. The average molecular weight is 422 g/mol. The maximum absolute atomic E-state index is 13.1. The smallest absolute Gasteiger partial charge is 0.254 e. The first-order valence-corrected chi connectivity index (χ1v) is 10.4. The molecule has 1 aliphatic rings. The number of halogens is 1. The molecular formula is C17H28ClN3O5S. The minimum absolute atomic E-state index is 0. The summed E-state index contributed by atoms with van der Waals surface area (Å²) in [6.07, 6.45) is 3.83. The van der Waals surface area contributed by atoms with Crippen molar-refractivity contribution in [3.8, 4) is 11.5 Å². The van der Waals surface area contributed by atoms with Crippen LogP contribution in [-0.4, -0.2) is 58.3 Å². The first-order valence-electron chi connectivity index (χ1n) is 8.48. The largest absolute Gasteiger partial charge is 0.493 e. The molecule has 154 valence electrons. The van der Waals surface area contributed by atoms with Gasteiger partial charge in [-0.1, -0.05) is 0 Å². The predicted octanol–water partition coefficient (Wildman–Crippen LogP) is 1.84. The van der Waals surface area contributed by atoms with Crippen molar-refractivity contribution in [2.24, 2.45) is 5.73 Å². The Bertz CT molecular complexity index is 770. The van der Waals surface area contributed by atoms with Crippen molar-refractivity contribution in [2.45, 2.75) is 38.3 Å². The van der Waals surface area contributed by atoms with Crippen molar-refractivity contribution in [1.82, 2.24) is 4.90 Å². The number of methoxy groups -OCH3 is 2. The van der Waals surface area contributed by atoms with Crippen molar-refractivity contribution in [3.05, 3.63) is 17.7 Å². The van der Waals surface area contributed by atoms with Gasteiger partial charge in [-0.3, -0.25) is 9.52 Å². The minimum atomic E-state index is -3.56. The van der Waals surface area contributed by atoms with Crippen LogP contribution in [0.2, 0.25) is 0 Å². The number of anilines is 1. The number of nitrogens with one attached hydrogen (secondary N) is 1. The normalized spacial score (nSPS) is 18.3. The Morgan fingerprint density at radius 1 is 1.30 bits per heavy atom. The van der Waals surface area contributed by atoms with E-state index in [-0.39, 0.29) is 47.6 Å². The molecule has 2 unspecified atom stereocenters. The molecule has 1 fully saturated rings. The molecule has 1 amide bonds. The number of amides is 1. The van der Waals surface area contributed by atoms with E-state index in [0.29, 0.717) is 12.1 Å². The van der Waals surface area contributed by atoms with Gasteiger partial charge < -0.3 is 20.1 Å². The molecule has 0 spiro atoms. The molecule has 0 aromatic heterocycles. The molecule has 0 bridgehead atoms. The number of carbonyl (C=O) groups excluding carboxylic acids is 1. The van der Waals surface area contributed by atoms with Crippen LogP contribution in [0, 0.1) is 0 Å². The van der Waals surface area contributed by atoms with E-state index in [9.17, 15) is 13.2 Å². The summed E-state index contributed by atoms with van der Waals surface area (Å²) in [5.41, 5.74) is 6.54. The molecule has 1 heterocycles. The molecule has 1 aromatic rings. The highest BCUT2D eigenvalue weighted by Crippen LogP contribution is 2.38. The Balaban J connectivity index is 0.00000364. The highest BCUT2D eigenvalue weighted by atomic mass is 35.5. The van der Waals surface area contributed by atoms with Crippen molar-refractivity contribution >= 4 is 34.0 Å². The van der Waals surface area contributed by atoms with E-state index in [1.165, 1.54) is 20.3 Å². The van der Waals surface area contributed by atoms with E-state index < -0.39 is 10.0 Å². The van der Waals surface area contributed by atoms with Gasteiger partial charge in [-0.2, -0.15) is 0 Å². The molecule has 0 aliphatic carbocycles. The van der Waals surface area contributed by atoms with E-state index >= 15 is 0 Å². The van der Waals surface area contributed by atoms with Crippen molar-refractivity contribution in [1.29, 1.82) is 0 Å². The lowest BCUT2D eigenvalue weighted by molar-refractivity contribution is 0.0583. The number of nitrogens with two attached hydrogens (primary N) is 1. The number of benzene rings is 1. The maximum atomic E-state index is 13.1. The standard InChI is InChI=1S/C17H27N3O5S.ClH/c1-11(18)14-7-5-6-8-20(14)17(21)12-9-13(19-26(4,22)23)16(25-3)15(10-12)24-2;/h9-11,14,19H,5-8,18H2,1-4H3;1H. The van der Waals surface area contributed by atoms with Gasteiger partial charge >= 0.3 is 0 Å². The summed E-state index contributed by atoms with van der Waals surface area (Å²) in [7, 11) is -0.718. The number of nitrogens with zero attached hydrogens (tertiary/aromatic N) is 1. The minimum Gasteiger partial charge on any atom is -0.493 e. The first-order chi connectivity index (χ1) is 12.2. The Labute approximate surface area is 166 Å². The van der Waals surface area contributed by atoms with Gasteiger partial charge in [-0.25, -0.2) is 8.42 Å². The van der Waals surface area contributed by atoms with Gasteiger partial charge in [0.25, 0.3) is 5.91 Å². The number of piperidine rings is 1. The van der Waals surface area contributed by atoms with Crippen LogP contribution < -0.4 is 19.9 Å². The molecular weight excluding hydrogens is 394 g/mol. The number of sulfonamides is 1. The van der Waals surface area contributed by atoms with Crippen LogP contribution in [0.25, 0.3) is 0 Å². The van der Waals surface area contributed by atoms with Crippen LogP contribution in [0.3, 0.4) is 0 Å². The molecule has 1 aromatic carbocycles. The van der Waals surface area contributed by atoms with Gasteiger partial charge in [-0.05, 0) is 38.3 Å². The van der Waals surface area contributed by atoms with E-state index in [1.807, 2.05) is 6.92 Å². The molecule has 1 aliphatic heterocycles. The number of rotatable bonds is 6. The number of ether oxygens (including phenoxy) is 2. The monoisotopic (exact) mass is 421 g/mol. The Morgan fingerprint density at radius 3 is 2.48 bits per heavy atom. The van der Waals surface area contributed by atoms with E-state index in [0.717, 1.165) is 25.5 Å². The number of carbonyl (C=O) groups is 1. The lowest BCUT2D eigenvalue weighted by Crippen LogP contribution is -2.51. The molecule has 27 heavy (non-hydrogen) atoms. The second-order valence-corrected chi connectivity index (χ2v) is 8.30. The van der Waals surface area contributed by atoms with Crippen LogP contribution in [0.15, 0.2) is 12.1 Å². The second kappa shape index (κ2) is 9.48. The van der Waals surface area contributed by atoms with E-state index in [2.05, 4.69) is 4.72 Å². The summed E-state index contributed by atoms with van der Waals surface area (Å²) in [5, 5.41) is 0. The highest BCUT2D eigenvalue weighted by molar-refractivity contribution is 7.92. The van der Waals surface area contributed by atoms with E-state index in [4.69, 9.17) is 15.2 Å². The molecule has 2 rings (SSSR count). The van der Waals surface area contributed by atoms with Crippen molar-refractivity contribution in [3.63, 3.8) is 0 Å². The molecule has 2 atom stereocenters. The molecule has 0 radical (unpaired) electrons. The summed E-state index contributed by atoms with van der Waals surface area (Å²) in [5.74, 6) is 0.292. The van der Waals surface area contributed by atoms with E-state index in [1.54, 1.807) is 11.0 Å². The van der Waals surface area contributed by atoms with Gasteiger partial charge in [0.05, 0.1) is 26.2 Å². The molecule has 10 heteroatoms. The lowest BCUT2D eigenvalue weighted by Gasteiger charge is -2.38. The van der Waals surface area contributed by atoms with Gasteiger partial charge in [0, 0.05) is 24.2 Å². The summed E-state index contributed by atoms with van der Waals surface area (Å²) >= 11 is 0. The fourth-order valence-corrected chi connectivity index (χ4v) is 3.84. The van der Waals surface area contributed by atoms with Crippen molar-refractivity contribution < 1.29 is 22.7 Å². The zero-order valence-corrected chi connectivity index (χ0v) is 17.7. The summed E-state index contributed by atoms with van der Waals surface area (Å²) in [6, 6.07) is 2.84. The quantitative estimate of drug-likeness (QED) is 0.724. The third-order valence-corrected chi connectivity index (χ3v) is 5.03. The maximum Gasteiger partial charge on any atom is 0.254 e. The highest BCUT2D eigenvalue weighted by Gasteiger charge is 2.31. The molecule has 0 saturated carbocycles. The molecule has 8 nitrogen and oxygen atoms in total. The zero-order chi connectivity index (χ0) is 19.5. The number of hydrogen-bond acceptors (Lipinski definition) is 6.